The van der Waals surface area contributed by atoms with Crippen LogP contribution in [0.15, 0.2) is 225 Å². The maximum absolute atomic E-state index is 7.39. The van der Waals surface area contributed by atoms with Gasteiger partial charge in [-0.1, -0.05) is 171 Å². The first-order valence-corrected chi connectivity index (χ1v) is 25.2. The SMILES string of the molecule is CC1CC=CC=C1C1=CCCC2=C1OC1C(N(C3=CC=C(C4=CC=C5C(C)C(=C4)C4(C6C=CC=CC56)C5CCC=CC5[C@H]5C=CC=CC54)CC3)C3=CC=C4C=CC=CC4C3)=CCCC21. The van der Waals surface area contributed by atoms with Crippen molar-refractivity contribution in [3.63, 3.8) is 0 Å². The molecule has 11 unspecified atom stereocenters. The number of allylic oxidation sites excluding steroid dienone is 34. The molecule has 0 aromatic rings. The molecule has 2 nitrogen and oxygen atoms in total. The summed E-state index contributed by atoms with van der Waals surface area (Å²) in [6, 6.07) is 0. The summed E-state index contributed by atoms with van der Waals surface area (Å²) in [5.74, 6) is 6.23. The molecule has 1 spiro atoms. The van der Waals surface area contributed by atoms with Gasteiger partial charge in [0.2, 0.25) is 0 Å². The van der Waals surface area contributed by atoms with Gasteiger partial charge in [-0.15, -0.1) is 0 Å². The lowest BCUT2D eigenvalue weighted by atomic mass is 9.46. The Morgan fingerprint density at radius 1 is 0.688 bits per heavy atom. The molecular weight excluding hydrogens is 775 g/mol. The first-order valence-electron chi connectivity index (χ1n) is 25.2. The molecule has 322 valence electrons. The summed E-state index contributed by atoms with van der Waals surface area (Å²) < 4.78 is 7.39. The fraction of sp³-hybridized carbons (Fsp3) is 0.387. The summed E-state index contributed by atoms with van der Waals surface area (Å²) in [4.78, 5) is 2.70. The Morgan fingerprint density at radius 3 is 2.47 bits per heavy atom. The van der Waals surface area contributed by atoms with Crippen LogP contribution in [0.25, 0.3) is 0 Å². The molecule has 0 amide bonds. The van der Waals surface area contributed by atoms with Gasteiger partial charge >= 0.3 is 0 Å². The van der Waals surface area contributed by atoms with Crippen LogP contribution >= 0.6 is 0 Å². The van der Waals surface area contributed by atoms with E-state index in [-0.39, 0.29) is 11.5 Å². The van der Waals surface area contributed by atoms with E-state index in [1.807, 2.05) is 0 Å². The number of hydrogen-bond donors (Lipinski definition) is 0. The predicted molar refractivity (Wildman–Crippen MR) is 263 cm³/mol. The van der Waals surface area contributed by atoms with E-state index in [0.717, 1.165) is 44.9 Å². The van der Waals surface area contributed by atoms with Gasteiger partial charge in [0.25, 0.3) is 0 Å². The highest BCUT2D eigenvalue weighted by atomic mass is 16.5. The Bertz CT molecular complexity index is 2680. The van der Waals surface area contributed by atoms with Gasteiger partial charge in [-0.25, -0.2) is 0 Å². The molecule has 12 aliphatic carbocycles. The van der Waals surface area contributed by atoms with Crippen LogP contribution in [0.1, 0.15) is 78.1 Å². The van der Waals surface area contributed by atoms with E-state index < -0.39 is 0 Å². The first-order chi connectivity index (χ1) is 31.6. The van der Waals surface area contributed by atoms with Crippen LogP contribution in [-0.2, 0) is 4.74 Å². The van der Waals surface area contributed by atoms with Gasteiger partial charge in [0, 0.05) is 40.1 Å². The molecule has 0 aromatic heterocycles. The number of rotatable bonds is 5. The minimum absolute atomic E-state index is 0.0385. The number of nitrogens with zero attached hydrogens (tertiary/aromatic N) is 1. The van der Waals surface area contributed by atoms with Gasteiger partial charge in [0.15, 0.2) is 0 Å². The zero-order valence-electron chi connectivity index (χ0n) is 37.8. The van der Waals surface area contributed by atoms with Crippen molar-refractivity contribution in [1.82, 2.24) is 4.90 Å². The topological polar surface area (TPSA) is 12.5 Å². The molecule has 64 heavy (non-hydrogen) atoms. The van der Waals surface area contributed by atoms with Crippen LogP contribution < -0.4 is 0 Å². The van der Waals surface area contributed by atoms with E-state index in [4.69, 9.17) is 4.74 Å². The summed E-state index contributed by atoms with van der Waals surface area (Å²) >= 11 is 0. The smallest absolute Gasteiger partial charge is 0.145 e. The quantitative estimate of drug-likeness (QED) is 0.256. The van der Waals surface area contributed by atoms with Gasteiger partial charge in [0.05, 0.1) is 5.70 Å². The third-order valence-corrected chi connectivity index (χ3v) is 18.2. The number of fused-ring (bicyclic) bond motifs is 14. The van der Waals surface area contributed by atoms with Gasteiger partial charge in [0.1, 0.15) is 11.9 Å². The standard InChI is InChI=1S/C62H63NO/c1-39-15-3-6-18-47(39)52-22-13-23-53-54-24-14-28-59(61(54)64-60(52)53)63(46-35-31-41-16-4-5-17-43(41)37-46)45-33-29-42(30-34-45)44-32-36-48-40(2)58(38-44)62(55-25-10-7-19-49(48)55)56-26-11-8-20-50(56)51-21-9-12-27-57(51)62/h3-11,16-22,25-26,28-29,31-33,35-36,38-40,43,49-51,54-57,61H,12-15,23-24,27,30,34,37H2,1-2H3/t39?,40?,43?,49?,50-,51?,54?,55?,56?,57?,61?,62?/m1/s1. The normalized spacial score (nSPS) is 39.2. The van der Waals surface area contributed by atoms with E-state index in [1.165, 1.54) is 70.0 Å². The molecule has 2 fully saturated rings. The fourth-order valence-electron chi connectivity index (χ4n) is 15.4. The molecule has 13 rings (SSSR count). The van der Waals surface area contributed by atoms with Crippen LogP contribution in [-0.4, -0.2) is 11.0 Å². The van der Waals surface area contributed by atoms with Crippen molar-refractivity contribution in [3.8, 4) is 0 Å². The van der Waals surface area contributed by atoms with E-state index in [9.17, 15) is 0 Å². The van der Waals surface area contributed by atoms with Gasteiger partial charge in [-0.3, -0.25) is 0 Å². The lowest BCUT2D eigenvalue weighted by Crippen LogP contribution is -2.51. The van der Waals surface area contributed by atoms with E-state index >= 15 is 0 Å². The summed E-state index contributed by atoms with van der Waals surface area (Å²) in [7, 11) is 0. The third-order valence-electron chi connectivity index (χ3n) is 18.2. The molecule has 0 aromatic carbocycles. The van der Waals surface area contributed by atoms with Crippen molar-refractivity contribution in [3.05, 3.63) is 225 Å². The molecule has 2 heteroatoms. The van der Waals surface area contributed by atoms with Gasteiger partial charge in [-0.2, -0.15) is 0 Å². The summed E-state index contributed by atoms with van der Waals surface area (Å²) in [6.07, 6.45) is 74.8. The largest absolute Gasteiger partial charge is 0.483 e. The number of ether oxygens (including phenoxy) is 1. The maximum Gasteiger partial charge on any atom is 0.145 e. The molecule has 1 aliphatic heterocycles. The summed E-state index contributed by atoms with van der Waals surface area (Å²) in [6.45, 7) is 4.93. The van der Waals surface area contributed by atoms with Crippen molar-refractivity contribution in [1.29, 1.82) is 0 Å². The zero-order valence-corrected chi connectivity index (χ0v) is 37.8. The van der Waals surface area contributed by atoms with Crippen LogP contribution in [0.4, 0.5) is 0 Å². The van der Waals surface area contributed by atoms with Crippen molar-refractivity contribution in [2.45, 2.75) is 84.2 Å². The lowest BCUT2D eigenvalue weighted by molar-refractivity contribution is 0.0723. The Labute approximate surface area is 382 Å². The maximum atomic E-state index is 7.39. The molecule has 1 heterocycles. The Kier molecular flexibility index (Phi) is 9.39. The second kappa shape index (κ2) is 15.4. The first kappa shape index (κ1) is 39.1. The fourth-order valence-corrected chi connectivity index (χ4v) is 15.4. The highest BCUT2D eigenvalue weighted by Gasteiger charge is 2.66. The molecule has 12 atom stereocenters. The molecule has 0 radical (unpaired) electrons. The predicted octanol–water partition coefficient (Wildman–Crippen LogP) is 14.8. The van der Waals surface area contributed by atoms with Gasteiger partial charge < -0.3 is 9.64 Å². The molecule has 13 aliphatic rings. The molecule has 0 saturated heterocycles. The minimum Gasteiger partial charge on any atom is -0.483 e. The van der Waals surface area contributed by atoms with Gasteiger partial charge in [-0.05, 0) is 146 Å². The van der Waals surface area contributed by atoms with Crippen LogP contribution in [0.3, 0.4) is 0 Å². The highest BCUT2D eigenvalue weighted by Crippen LogP contribution is 2.72. The molecule has 0 N–H and O–H groups in total. The lowest BCUT2D eigenvalue weighted by Gasteiger charge is -2.57. The summed E-state index contributed by atoms with van der Waals surface area (Å²) in [5, 5.41) is 0. The Morgan fingerprint density at radius 2 is 1.56 bits per heavy atom. The van der Waals surface area contributed by atoms with Crippen molar-refractivity contribution in [2.75, 3.05) is 0 Å². The Balaban J connectivity index is 0.886. The molecule has 2 saturated carbocycles. The highest BCUT2D eigenvalue weighted by molar-refractivity contribution is 5.58. The van der Waals surface area contributed by atoms with E-state index in [0.29, 0.717) is 59.2 Å². The Hall–Kier alpha value is -5.34. The van der Waals surface area contributed by atoms with Crippen LogP contribution in [0.5, 0.6) is 0 Å². The zero-order chi connectivity index (χ0) is 42.5. The summed E-state index contributed by atoms with van der Waals surface area (Å²) in [5.41, 5.74) is 16.3. The molecule has 2 bridgehead atoms. The van der Waals surface area contributed by atoms with Crippen LogP contribution in [0, 0.1) is 64.6 Å². The van der Waals surface area contributed by atoms with Crippen molar-refractivity contribution < 1.29 is 4.74 Å². The molecular formula is C62H63NO. The number of hydrogen-bond acceptors (Lipinski definition) is 2. The second-order valence-corrected chi connectivity index (χ2v) is 21.0. The van der Waals surface area contributed by atoms with E-state index in [2.05, 4.69) is 177 Å². The van der Waals surface area contributed by atoms with Crippen molar-refractivity contribution in [2.24, 2.45) is 64.6 Å². The average Bonchev–Trinajstić information content (AvgIpc) is 3.83. The average molecular weight is 838 g/mol. The minimum atomic E-state index is 0.0385. The van der Waals surface area contributed by atoms with Crippen molar-refractivity contribution >= 4 is 0 Å². The van der Waals surface area contributed by atoms with Crippen LogP contribution in [0.2, 0.25) is 0 Å². The second-order valence-electron chi connectivity index (χ2n) is 21.0. The van der Waals surface area contributed by atoms with E-state index in [1.54, 1.807) is 16.7 Å². The third kappa shape index (κ3) is 5.82. The monoisotopic (exact) mass is 837 g/mol.